The molecule has 1 amide bonds. The van der Waals surface area contributed by atoms with Crippen molar-refractivity contribution in [2.24, 2.45) is 5.92 Å². The van der Waals surface area contributed by atoms with Gasteiger partial charge in [-0.1, -0.05) is 13.5 Å². The highest BCUT2D eigenvalue weighted by atomic mass is 16.4. The summed E-state index contributed by atoms with van der Waals surface area (Å²) in [5.41, 5.74) is 0. The quantitative estimate of drug-likeness (QED) is 0.542. The molecule has 68 valence electrons. The normalized spacial score (nSPS) is 11.8. The fourth-order valence-corrected chi connectivity index (χ4v) is 0.690. The Balaban J connectivity index is 3.80. The van der Waals surface area contributed by atoms with Crippen LogP contribution in [0.1, 0.15) is 13.3 Å². The lowest BCUT2D eigenvalue weighted by atomic mass is 10.1. The van der Waals surface area contributed by atoms with Crippen LogP contribution in [0.5, 0.6) is 0 Å². The summed E-state index contributed by atoms with van der Waals surface area (Å²) >= 11 is 0. The third-order valence-electron chi connectivity index (χ3n) is 1.53. The van der Waals surface area contributed by atoms with Gasteiger partial charge in [0.2, 0.25) is 5.91 Å². The predicted molar refractivity (Wildman–Crippen MR) is 42.0 cm³/mol. The van der Waals surface area contributed by atoms with Crippen LogP contribution in [0, 0.1) is 5.92 Å². The zero-order valence-corrected chi connectivity index (χ0v) is 7.00. The van der Waals surface area contributed by atoms with Crippen molar-refractivity contribution in [3.8, 4) is 0 Å². The SMILES string of the molecule is C=CC(=O)NCC(CC)C(=O)[O-]. The van der Waals surface area contributed by atoms with E-state index in [1.165, 1.54) is 0 Å². The summed E-state index contributed by atoms with van der Waals surface area (Å²) in [7, 11) is 0. The van der Waals surface area contributed by atoms with E-state index >= 15 is 0 Å². The molecule has 0 radical (unpaired) electrons. The number of nitrogens with one attached hydrogen (secondary N) is 1. The van der Waals surface area contributed by atoms with Gasteiger partial charge in [0.05, 0.1) is 0 Å². The third kappa shape index (κ3) is 3.75. The van der Waals surface area contributed by atoms with Crippen LogP contribution in [0.3, 0.4) is 0 Å². The molecule has 4 nitrogen and oxygen atoms in total. The summed E-state index contributed by atoms with van der Waals surface area (Å²) in [5, 5.41) is 12.7. The molecule has 0 aromatic rings. The van der Waals surface area contributed by atoms with Gasteiger partial charge < -0.3 is 15.2 Å². The Kier molecular flexibility index (Phi) is 4.76. The van der Waals surface area contributed by atoms with Crippen molar-refractivity contribution in [3.05, 3.63) is 12.7 Å². The van der Waals surface area contributed by atoms with Crippen molar-refractivity contribution < 1.29 is 14.7 Å². The molecule has 4 heteroatoms. The minimum atomic E-state index is -1.14. The van der Waals surface area contributed by atoms with Crippen LogP contribution in [0.4, 0.5) is 0 Å². The molecule has 0 aromatic heterocycles. The largest absolute Gasteiger partial charge is 0.550 e. The highest BCUT2D eigenvalue weighted by Crippen LogP contribution is 1.97. The van der Waals surface area contributed by atoms with Gasteiger partial charge >= 0.3 is 0 Å². The van der Waals surface area contributed by atoms with E-state index in [1.54, 1.807) is 6.92 Å². The maximum Gasteiger partial charge on any atom is 0.243 e. The van der Waals surface area contributed by atoms with Gasteiger partial charge in [0.1, 0.15) is 0 Å². The van der Waals surface area contributed by atoms with Gasteiger partial charge in [-0.15, -0.1) is 0 Å². The molecule has 12 heavy (non-hydrogen) atoms. The van der Waals surface area contributed by atoms with Crippen molar-refractivity contribution in [2.45, 2.75) is 13.3 Å². The minimum absolute atomic E-state index is 0.101. The van der Waals surface area contributed by atoms with Crippen molar-refractivity contribution in [1.82, 2.24) is 5.32 Å². The maximum atomic E-state index is 10.6. The van der Waals surface area contributed by atoms with Crippen LogP contribution in [0.25, 0.3) is 0 Å². The van der Waals surface area contributed by atoms with Crippen molar-refractivity contribution in [2.75, 3.05) is 6.54 Å². The lowest BCUT2D eigenvalue weighted by Crippen LogP contribution is -2.38. The summed E-state index contributed by atoms with van der Waals surface area (Å²) in [5.74, 6) is -2.12. The van der Waals surface area contributed by atoms with E-state index in [0.29, 0.717) is 6.42 Å². The van der Waals surface area contributed by atoms with Gasteiger partial charge in [-0.25, -0.2) is 0 Å². The zero-order chi connectivity index (χ0) is 9.56. The van der Waals surface area contributed by atoms with Crippen LogP contribution in [-0.2, 0) is 9.59 Å². The molecule has 0 bridgehead atoms. The number of hydrogen-bond acceptors (Lipinski definition) is 3. The molecule has 0 aliphatic heterocycles. The van der Waals surface area contributed by atoms with E-state index in [9.17, 15) is 14.7 Å². The Labute approximate surface area is 71.3 Å². The molecule has 0 saturated carbocycles. The number of aliphatic carboxylic acids is 1. The molecule has 0 aliphatic carbocycles. The maximum absolute atomic E-state index is 10.6. The number of carbonyl (C=O) groups is 2. The van der Waals surface area contributed by atoms with E-state index in [4.69, 9.17) is 0 Å². The highest BCUT2D eigenvalue weighted by Gasteiger charge is 2.07. The van der Waals surface area contributed by atoms with Crippen LogP contribution in [-0.4, -0.2) is 18.4 Å². The number of carboxylic acids is 1. The van der Waals surface area contributed by atoms with Gasteiger partial charge in [0, 0.05) is 18.4 Å². The first kappa shape index (κ1) is 10.7. The molecule has 0 rings (SSSR count). The first-order chi connectivity index (χ1) is 5.61. The van der Waals surface area contributed by atoms with Crippen LogP contribution in [0.15, 0.2) is 12.7 Å². The summed E-state index contributed by atoms with van der Waals surface area (Å²) in [4.78, 5) is 21.0. The smallest absolute Gasteiger partial charge is 0.243 e. The minimum Gasteiger partial charge on any atom is -0.550 e. The van der Waals surface area contributed by atoms with Crippen LogP contribution >= 0.6 is 0 Å². The van der Waals surface area contributed by atoms with E-state index in [-0.39, 0.29) is 12.5 Å². The second kappa shape index (κ2) is 5.35. The van der Waals surface area contributed by atoms with E-state index in [0.717, 1.165) is 6.08 Å². The monoisotopic (exact) mass is 170 g/mol. The van der Waals surface area contributed by atoms with E-state index in [1.807, 2.05) is 0 Å². The molecule has 0 spiro atoms. The second-order valence-electron chi connectivity index (χ2n) is 2.37. The number of carboxylic acid groups (broad SMARTS) is 1. The Hall–Kier alpha value is -1.32. The predicted octanol–water partition coefficient (Wildman–Crippen LogP) is -0.935. The van der Waals surface area contributed by atoms with Gasteiger partial charge in [0.15, 0.2) is 0 Å². The molecule has 1 atom stereocenters. The second-order valence-corrected chi connectivity index (χ2v) is 2.37. The fraction of sp³-hybridized carbons (Fsp3) is 0.500. The number of carbonyl (C=O) groups excluding carboxylic acids is 2. The average molecular weight is 170 g/mol. The molecule has 1 unspecified atom stereocenters. The summed E-state index contributed by atoms with van der Waals surface area (Å²) in [6.45, 7) is 5.06. The summed E-state index contributed by atoms with van der Waals surface area (Å²) in [6.07, 6.45) is 1.54. The fourth-order valence-electron chi connectivity index (χ4n) is 0.690. The average Bonchev–Trinajstić information content (AvgIpc) is 2.04. The Bertz CT molecular complexity index is 189. The lowest BCUT2D eigenvalue weighted by molar-refractivity contribution is -0.311. The van der Waals surface area contributed by atoms with Crippen molar-refractivity contribution in [1.29, 1.82) is 0 Å². The molecular weight excluding hydrogens is 158 g/mol. The molecular formula is C8H12NO3-. The Morgan fingerprint density at radius 2 is 2.25 bits per heavy atom. The summed E-state index contributed by atoms with van der Waals surface area (Å²) in [6, 6.07) is 0. The van der Waals surface area contributed by atoms with Gasteiger partial charge in [0.25, 0.3) is 0 Å². The molecule has 0 heterocycles. The van der Waals surface area contributed by atoms with Gasteiger partial charge in [-0.05, 0) is 12.5 Å². The number of amides is 1. The third-order valence-corrected chi connectivity index (χ3v) is 1.53. The Morgan fingerprint density at radius 1 is 1.67 bits per heavy atom. The first-order valence-electron chi connectivity index (χ1n) is 3.73. The molecule has 0 aromatic carbocycles. The standard InChI is InChI=1S/C8H13NO3/c1-3-6(8(11)12)5-9-7(10)4-2/h4,6H,2-3,5H2,1H3,(H,9,10)(H,11,12)/p-1. The van der Waals surface area contributed by atoms with Crippen LogP contribution < -0.4 is 10.4 Å². The number of hydrogen-bond donors (Lipinski definition) is 1. The molecule has 0 saturated heterocycles. The lowest BCUT2D eigenvalue weighted by Gasteiger charge is -2.15. The van der Waals surface area contributed by atoms with Crippen molar-refractivity contribution in [3.63, 3.8) is 0 Å². The molecule has 0 fully saturated rings. The zero-order valence-electron chi connectivity index (χ0n) is 7.00. The number of rotatable bonds is 5. The van der Waals surface area contributed by atoms with Crippen LogP contribution in [0.2, 0.25) is 0 Å². The van der Waals surface area contributed by atoms with Gasteiger partial charge in [-0.2, -0.15) is 0 Å². The first-order valence-corrected chi connectivity index (χ1v) is 3.73. The van der Waals surface area contributed by atoms with Gasteiger partial charge in [-0.3, -0.25) is 4.79 Å². The van der Waals surface area contributed by atoms with Crippen molar-refractivity contribution >= 4 is 11.9 Å². The summed E-state index contributed by atoms with van der Waals surface area (Å²) < 4.78 is 0. The highest BCUT2D eigenvalue weighted by molar-refractivity contribution is 5.87. The molecule has 1 N–H and O–H groups in total. The van der Waals surface area contributed by atoms with E-state index < -0.39 is 11.9 Å². The van der Waals surface area contributed by atoms with E-state index in [2.05, 4.69) is 11.9 Å². The molecule has 0 aliphatic rings. The topological polar surface area (TPSA) is 69.2 Å². The Morgan fingerprint density at radius 3 is 2.58 bits per heavy atom.